The van der Waals surface area contributed by atoms with Gasteiger partial charge in [0.05, 0.1) is 4.88 Å². The summed E-state index contributed by atoms with van der Waals surface area (Å²) < 4.78 is 1.02. The van der Waals surface area contributed by atoms with E-state index in [1.54, 1.807) is 6.07 Å². The van der Waals surface area contributed by atoms with Crippen LogP contribution in [0.4, 0.5) is 5.82 Å². The Labute approximate surface area is 125 Å². The summed E-state index contributed by atoms with van der Waals surface area (Å²) >= 11 is 5.03. The van der Waals surface area contributed by atoms with Gasteiger partial charge >= 0.3 is 0 Å². The monoisotopic (exact) mass is 338 g/mol. The molecule has 2 heterocycles. The second-order valence-electron chi connectivity index (χ2n) is 4.25. The molecule has 0 fully saturated rings. The lowest BCUT2D eigenvalue weighted by molar-refractivity contribution is 0.103. The number of amides is 1. The summed E-state index contributed by atoms with van der Waals surface area (Å²) in [6, 6.07) is 7.45. The zero-order valence-corrected chi connectivity index (χ0v) is 13.3. The van der Waals surface area contributed by atoms with Crippen molar-refractivity contribution in [2.45, 2.75) is 26.7 Å². The second kappa shape index (κ2) is 6.30. The standard InChI is InChI=1S/C14H15BrN2OS/c1-3-5-11-10(15)8-12(19-11)14(18)17-13-7-4-6-9(2)16-13/h4,6-8H,3,5H2,1-2H3,(H,16,17,18). The molecule has 2 aromatic rings. The maximum Gasteiger partial charge on any atom is 0.266 e. The molecule has 0 aliphatic carbocycles. The first-order chi connectivity index (χ1) is 9.10. The second-order valence-corrected chi connectivity index (χ2v) is 6.24. The number of thiophene rings is 1. The Balaban J connectivity index is 2.14. The van der Waals surface area contributed by atoms with Crippen LogP contribution >= 0.6 is 27.3 Å². The highest BCUT2D eigenvalue weighted by atomic mass is 79.9. The first-order valence-electron chi connectivity index (χ1n) is 6.13. The highest BCUT2D eigenvalue weighted by molar-refractivity contribution is 9.10. The van der Waals surface area contributed by atoms with Crippen LogP contribution in [0.25, 0.3) is 0 Å². The van der Waals surface area contributed by atoms with Gasteiger partial charge in [-0.15, -0.1) is 11.3 Å². The summed E-state index contributed by atoms with van der Waals surface area (Å²) in [5, 5.41) is 2.82. The van der Waals surface area contributed by atoms with E-state index in [9.17, 15) is 4.79 Å². The summed E-state index contributed by atoms with van der Waals surface area (Å²) in [5.74, 6) is 0.484. The van der Waals surface area contributed by atoms with Crippen LogP contribution in [0.1, 0.15) is 33.6 Å². The quantitative estimate of drug-likeness (QED) is 0.896. The molecule has 0 unspecified atom stereocenters. The Morgan fingerprint density at radius 3 is 2.95 bits per heavy atom. The van der Waals surface area contributed by atoms with E-state index in [1.165, 1.54) is 16.2 Å². The topological polar surface area (TPSA) is 42.0 Å². The van der Waals surface area contributed by atoms with Crippen molar-refractivity contribution < 1.29 is 4.79 Å². The van der Waals surface area contributed by atoms with Crippen molar-refractivity contribution in [1.29, 1.82) is 0 Å². The maximum absolute atomic E-state index is 12.1. The Morgan fingerprint density at radius 1 is 1.47 bits per heavy atom. The number of pyridine rings is 1. The fourth-order valence-corrected chi connectivity index (χ4v) is 3.58. The fraction of sp³-hybridized carbons (Fsp3) is 0.286. The van der Waals surface area contributed by atoms with Gasteiger partial charge in [0, 0.05) is 15.0 Å². The molecule has 0 radical (unpaired) electrons. The van der Waals surface area contributed by atoms with Crippen molar-refractivity contribution in [3.05, 3.63) is 44.2 Å². The number of nitrogens with one attached hydrogen (secondary N) is 1. The third-order valence-electron chi connectivity index (χ3n) is 2.59. The number of hydrogen-bond donors (Lipinski definition) is 1. The molecule has 0 aromatic carbocycles. The first kappa shape index (κ1) is 14.2. The smallest absolute Gasteiger partial charge is 0.266 e. The Hall–Kier alpha value is -1.20. The highest BCUT2D eigenvalue weighted by Gasteiger charge is 2.13. The number of halogens is 1. The zero-order chi connectivity index (χ0) is 13.8. The number of nitrogens with zero attached hydrogens (tertiary/aromatic N) is 1. The molecule has 0 spiro atoms. The average molecular weight is 339 g/mol. The third kappa shape index (κ3) is 3.64. The van der Waals surface area contributed by atoms with Crippen molar-refractivity contribution in [3.63, 3.8) is 0 Å². The van der Waals surface area contributed by atoms with Crippen LogP contribution in [0.15, 0.2) is 28.7 Å². The van der Waals surface area contributed by atoms with Crippen molar-refractivity contribution in [3.8, 4) is 0 Å². The van der Waals surface area contributed by atoms with E-state index in [0.717, 1.165) is 23.0 Å². The minimum absolute atomic E-state index is 0.105. The molecule has 0 bridgehead atoms. The minimum atomic E-state index is -0.105. The van der Waals surface area contributed by atoms with Gasteiger partial charge in [-0.2, -0.15) is 0 Å². The van der Waals surface area contributed by atoms with E-state index in [0.29, 0.717) is 10.7 Å². The number of aryl methyl sites for hydroxylation is 2. The van der Waals surface area contributed by atoms with Crippen LogP contribution in [0, 0.1) is 6.92 Å². The van der Waals surface area contributed by atoms with Gasteiger partial charge in [-0.25, -0.2) is 4.98 Å². The van der Waals surface area contributed by atoms with Gasteiger partial charge in [0.15, 0.2) is 0 Å². The van der Waals surface area contributed by atoms with Crippen molar-refractivity contribution in [2.24, 2.45) is 0 Å². The summed E-state index contributed by atoms with van der Waals surface area (Å²) in [6.07, 6.45) is 2.06. The molecule has 0 atom stereocenters. The highest BCUT2D eigenvalue weighted by Crippen LogP contribution is 2.29. The molecule has 0 saturated carbocycles. The number of aromatic nitrogens is 1. The van der Waals surface area contributed by atoms with Crippen LogP contribution in [-0.2, 0) is 6.42 Å². The Morgan fingerprint density at radius 2 is 2.26 bits per heavy atom. The van der Waals surface area contributed by atoms with Crippen LogP contribution in [0.3, 0.4) is 0 Å². The maximum atomic E-state index is 12.1. The molecule has 2 rings (SSSR count). The van der Waals surface area contributed by atoms with E-state index < -0.39 is 0 Å². The van der Waals surface area contributed by atoms with Gasteiger partial charge in [-0.3, -0.25) is 4.79 Å². The lowest BCUT2D eigenvalue weighted by Crippen LogP contribution is -2.11. The number of hydrogen-bond acceptors (Lipinski definition) is 3. The molecule has 0 saturated heterocycles. The number of rotatable bonds is 4. The molecule has 1 amide bonds. The van der Waals surface area contributed by atoms with Gasteiger partial charge in [0.1, 0.15) is 5.82 Å². The Bertz CT molecular complexity index is 595. The SMILES string of the molecule is CCCc1sc(C(=O)Nc2cccc(C)n2)cc1Br. The van der Waals surface area contributed by atoms with Crippen LogP contribution < -0.4 is 5.32 Å². The molecule has 5 heteroatoms. The molecular formula is C14H15BrN2OS. The minimum Gasteiger partial charge on any atom is -0.306 e. The Kier molecular flexibility index (Phi) is 4.71. The average Bonchev–Trinajstić information content (AvgIpc) is 2.72. The van der Waals surface area contributed by atoms with Gasteiger partial charge in [0.25, 0.3) is 5.91 Å². The molecule has 2 aromatic heterocycles. The largest absolute Gasteiger partial charge is 0.306 e. The summed E-state index contributed by atoms with van der Waals surface area (Å²) in [4.78, 5) is 18.3. The lowest BCUT2D eigenvalue weighted by Gasteiger charge is -2.02. The van der Waals surface area contributed by atoms with Crippen LogP contribution in [0.5, 0.6) is 0 Å². The van der Waals surface area contributed by atoms with Gasteiger partial charge in [-0.05, 0) is 47.5 Å². The predicted octanol–water partition coefficient (Wildman–Crippen LogP) is 4.42. The normalized spacial score (nSPS) is 10.5. The molecular weight excluding hydrogens is 324 g/mol. The molecule has 100 valence electrons. The van der Waals surface area contributed by atoms with E-state index in [4.69, 9.17) is 0 Å². The van der Waals surface area contributed by atoms with Gasteiger partial charge < -0.3 is 5.32 Å². The van der Waals surface area contributed by atoms with E-state index in [-0.39, 0.29) is 5.91 Å². The van der Waals surface area contributed by atoms with Crippen molar-refractivity contribution >= 4 is 39.0 Å². The van der Waals surface area contributed by atoms with Crippen molar-refractivity contribution in [1.82, 2.24) is 4.98 Å². The van der Waals surface area contributed by atoms with E-state index in [2.05, 4.69) is 33.2 Å². The fourth-order valence-electron chi connectivity index (χ4n) is 1.71. The summed E-state index contributed by atoms with van der Waals surface area (Å²) in [6.45, 7) is 4.03. The number of carbonyl (C=O) groups excluding carboxylic acids is 1. The molecule has 0 aliphatic heterocycles. The molecule has 19 heavy (non-hydrogen) atoms. The zero-order valence-electron chi connectivity index (χ0n) is 10.9. The molecule has 1 N–H and O–H groups in total. The van der Waals surface area contributed by atoms with Gasteiger partial charge in [0.2, 0.25) is 0 Å². The molecule has 3 nitrogen and oxygen atoms in total. The lowest BCUT2D eigenvalue weighted by atomic mass is 10.3. The number of anilines is 1. The molecule has 0 aliphatic rings. The van der Waals surface area contributed by atoms with E-state index in [1.807, 2.05) is 25.1 Å². The summed E-state index contributed by atoms with van der Waals surface area (Å²) in [5.41, 5.74) is 0.886. The first-order valence-corrected chi connectivity index (χ1v) is 7.74. The van der Waals surface area contributed by atoms with Crippen LogP contribution in [0.2, 0.25) is 0 Å². The van der Waals surface area contributed by atoms with Crippen LogP contribution in [-0.4, -0.2) is 10.9 Å². The van der Waals surface area contributed by atoms with Crippen molar-refractivity contribution in [2.75, 3.05) is 5.32 Å². The van der Waals surface area contributed by atoms with E-state index >= 15 is 0 Å². The number of carbonyl (C=O) groups is 1. The summed E-state index contributed by atoms with van der Waals surface area (Å²) in [7, 11) is 0. The van der Waals surface area contributed by atoms with Gasteiger partial charge in [-0.1, -0.05) is 19.4 Å². The predicted molar refractivity (Wildman–Crippen MR) is 82.9 cm³/mol. The third-order valence-corrected chi connectivity index (χ3v) is 4.75.